The van der Waals surface area contributed by atoms with Crippen LogP contribution in [0, 0.1) is 5.92 Å². The molecule has 0 unspecified atom stereocenters. The Morgan fingerprint density at radius 3 is 2.46 bits per heavy atom. The number of para-hydroxylation sites is 1. The summed E-state index contributed by atoms with van der Waals surface area (Å²) < 4.78 is 10.4. The van der Waals surface area contributed by atoms with Crippen LogP contribution < -0.4 is 9.64 Å². The van der Waals surface area contributed by atoms with Crippen molar-refractivity contribution in [2.24, 2.45) is 5.92 Å². The van der Waals surface area contributed by atoms with Gasteiger partial charge in [0.2, 0.25) is 11.7 Å². The summed E-state index contributed by atoms with van der Waals surface area (Å²) >= 11 is 6.15. The Bertz CT molecular complexity index is 896. The fraction of sp³-hybridized carbons (Fsp3) is 0.286. The van der Waals surface area contributed by atoms with Gasteiger partial charge in [-0.15, -0.1) is 0 Å². The molecule has 0 radical (unpaired) electrons. The fourth-order valence-electron chi connectivity index (χ4n) is 3.08. The summed E-state index contributed by atoms with van der Waals surface area (Å²) in [5.41, 5.74) is 0.980. The van der Waals surface area contributed by atoms with Gasteiger partial charge in [-0.25, -0.2) is 0 Å². The van der Waals surface area contributed by atoms with Gasteiger partial charge in [-0.1, -0.05) is 23.7 Å². The van der Waals surface area contributed by atoms with Crippen LogP contribution in [0.25, 0.3) is 0 Å². The second-order valence-corrected chi connectivity index (χ2v) is 6.94. The highest BCUT2D eigenvalue weighted by Gasteiger charge is 2.38. The first kappa shape index (κ1) is 19.9. The third kappa shape index (κ3) is 4.17. The van der Waals surface area contributed by atoms with Crippen molar-refractivity contribution in [1.29, 1.82) is 0 Å². The van der Waals surface area contributed by atoms with E-state index in [1.807, 2.05) is 0 Å². The number of esters is 1. The number of carbonyl (C=O) groups excluding carboxylic acids is 3. The number of ether oxygens (including phenoxy) is 2. The van der Waals surface area contributed by atoms with Crippen LogP contribution in [-0.4, -0.2) is 37.4 Å². The van der Waals surface area contributed by atoms with E-state index in [9.17, 15) is 14.4 Å². The number of halogens is 1. The van der Waals surface area contributed by atoms with Gasteiger partial charge in [0.05, 0.1) is 23.7 Å². The lowest BCUT2D eigenvalue weighted by molar-refractivity contribution is -0.151. The molecule has 28 heavy (non-hydrogen) atoms. The minimum atomic E-state index is -0.953. The summed E-state index contributed by atoms with van der Waals surface area (Å²) in [6.07, 6.45) is -0.932. The zero-order valence-corrected chi connectivity index (χ0v) is 16.3. The number of nitrogens with zero attached hydrogens (tertiary/aromatic N) is 1. The molecular weight excluding hydrogens is 382 g/mol. The molecule has 1 amide bonds. The summed E-state index contributed by atoms with van der Waals surface area (Å²) in [6, 6.07) is 13.5. The van der Waals surface area contributed by atoms with Crippen molar-refractivity contribution in [1.82, 2.24) is 0 Å². The molecule has 0 aliphatic carbocycles. The lowest BCUT2D eigenvalue weighted by Gasteiger charge is -2.18. The van der Waals surface area contributed by atoms with Crippen LogP contribution >= 0.6 is 11.6 Å². The largest absolute Gasteiger partial charge is 0.497 e. The molecule has 1 heterocycles. The van der Waals surface area contributed by atoms with Crippen LogP contribution in [0.4, 0.5) is 5.69 Å². The Balaban J connectivity index is 1.63. The third-order valence-corrected chi connectivity index (χ3v) is 4.96. The predicted octanol–water partition coefficient (Wildman–Crippen LogP) is 3.52. The van der Waals surface area contributed by atoms with E-state index in [4.69, 9.17) is 21.1 Å². The lowest BCUT2D eigenvalue weighted by atomic mass is 10.1. The van der Waals surface area contributed by atoms with Crippen molar-refractivity contribution in [3.8, 4) is 5.75 Å². The molecule has 1 aliphatic rings. The maximum Gasteiger partial charge on any atom is 0.312 e. The normalized spacial score (nSPS) is 17.3. The van der Waals surface area contributed by atoms with Gasteiger partial charge in [-0.05, 0) is 43.3 Å². The van der Waals surface area contributed by atoms with Crippen molar-refractivity contribution in [3.63, 3.8) is 0 Å². The molecule has 1 aliphatic heterocycles. The number of hydrogen-bond acceptors (Lipinski definition) is 5. The summed E-state index contributed by atoms with van der Waals surface area (Å²) in [5, 5.41) is 0.438. The molecule has 1 fully saturated rings. The third-order valence-electron chi connectivity index (χ3n) is 4.64. The van der Waals surface area contributed by atoms with E-state index >= 15 is 0 Å². The molecule has 0 bridgehead atoms. The minimum absolute atomic E-state index is 0.0213. The SMILES string of the molecule is COc1ccc(C(=O)[C@@H](C)OC(=O)[C@@H]2CC(=O)N(c3ccccc3Cl)C2)cc1. The first-order valence-electron chi connectivity index (χ1n) is 8.84. The zero-order valence-electron chi connectivity index (χ0n) is 15.6. The van der Waals surface area contributed by atoms with Gasteiger partial charge in [-0.2, -0.15) is 0 Å². The standard InChI is InChI=1S/C21H20ClNO5/c1-13(20(25)14-7-9-16(27-2)10-8-14)28-21(26)15-11-19(24)23(12-15)18-6-4-3-5-17(18)22/h3-10,13,15H,11-12H2,1-2H3/t13-,15-/m1/s1. The molecule has 1 saturated heterocycles. The number of anilines is 1. The molecule has 0 saturated carbocycles. The summed E-state index contributed by atoms with van der Waals surface area (Å²) in [5.74, 6) is -1.11. The second kappa shape index (κ2) is 8.44. The first-order chi connectivity index (χ1) is 13.4. The van der Waals surface area contributed by atoms with E-state index in [1.54, 1.807) is 48.5 Å². The molecule has 0 aromatic heterocycles. The van der Waals surface area contributed by atoms with Crippen LogP contribution in [-0.2, 0) is 14.3 Å². The lowest BCUT2D eigenvalue weighted by Crippen LogP contribution is -2.30. The van der Waals surface area contributed by atoms with Crippen LogP contribution in [0.2, 0.25) is 5.02 Å². The first-order valence-corrected chi connectivity index (χ1v) is 9.22. The van der Waals surface area contributed by atoms with Crippen molar-refractivity contribution >= 4 is 34.9 Å². The quantitative estimate of drug-likeness (QED) is 0.547. The van der Waals surface area contributed by atoms with Crippen LogP contribution in [0.5, 0.6) is 5.75 Å². The summed E-state index contributed by atoms with van der Waals surface area (Å²) in [7, 11) is 1.54. The molecule has 3 rings (SSSR count). The van der Waals surface area contributed by atoms with Crippen LogP contribution in [0.15, 0.2) is 48.5 Å². The van der Waals surface area contributed by atoms with Crippen LogP contribution in [0.1, 0.15) is 23.7 Å². The monoisotopic (exact) mass is 401 g/mol. The van der Waals surface area contributed by atoms with Gasteiger partial charge in [0.1, 0.15) is 5.75 Å². The average molecular weight is 402 g/mol. The molecule has 0 N–H and O–H groups in total. The van der Waals surface area contributed by atoms with E-state index in [-0.39, 0.29) is 24.7 Å². The number of methoxy groups -OCH3 is 1. The highest BCUT2D eigenvalue weighted by Crippen LogP contribution is 2.31. The number of benzene rings is 2. The van der Waals surface area contributed by atoms with E-state index in [0.717, 1.165) is 0 Å². The van der Waals surface area contributed by atoms with E-state index in [0.29, 0.717) is 22.0 Å². The van der Waals surface area contributed by atoms with Gasteiger partial charge in [0, 0.05) is 18.5 Å². The van der Waals surface area contributed by atoms with E-state index < -0.39 is 18.0 Å². The predicted molar refractivity (Wildman–Crippen MR) is 105 cm³/mol. The number of carbonyl (C=O) groups is 3. The molecule has 2 atom stereocenters. The van der Waals surface area contributed by atoms with Crippen molar-refractivity contribution in [2.45, 2.75) is 19.4 Å². The Hall–Kier alpha value is -2.86. The van der Waals surface area contributed by atoms with Gasteiger partial charge >= 0.3 is 5.97 Å². The number of ketones is 1. The maximum absolute atomic E-state index is 12.5. The van der Waals surface area contributed by atoms with E-state index in [2.05, 4.69) is 0 Å². The molecular formula is C21H20ClNO5. The van der Waals surface area contributed by atoms with Gasteiger partial charge in [0.25, 0.3) is 0 Å². The van der Waals surface area contributed by atoms with Crippen molar-refractivity contribution < 1.29 is 23.9 Å². The average Bonchev–Trinajstić information content (AvgIpc) is 3.09. The minimum Gasteiger partial charge on any atom is -0.497 e. The summed E-state index contributed by atoms with van der Waals surface area (Å²) in [4.78, 5) is 38.8. The number of amides is 1. The highest BCUT2D eigenvalue weighted by molar-refractivity contribution is 6.33. The van der Waals surface area contributed by atoms with Crippen LogP contribution in [0.3, 0.4) is 0 Å². The maximum atomic E-state index is 12.5. The van der Waals surface area contributed by atoms with Gasteiger partial charge in [0.15, 0.2) is 6.10 Å². The molecule has 2 aromatic rings. The topological polar surface area (TPSA) is 72.9 Å². The molecule has 146 valence electrons. The Kier molecular flexibility index (Phi) is 5.99. The Morgan fingerprint density at radius 1 is 1.14 bits per heavy atom. The second-order valence-electron chi connectivity index (χ2n) is 6.53. The number of Topliss-reactive ketones (excluding diaryl/α,β-unsaturated/α-hetero) is 1. The van der Waals surface area contributed by atoms with Gasteiger partial charge < -0.3 is 14.4 Å². The fourth-order valence-corrected chi connectivity index (χ4v) is 3.32. The molecule has 6 nitrogen and oxygen atoms in total. The summed E-state index contributed by atoms with van der Waals surface area (Å²) in [6.45, 7) is 1.69. The number of hydrogen-bond donors (Lipinski definition) is 0. The molecule has 0 spiro atoms. The Labute approximate surface area is 168 Å². The number of rotatable bonds is 6. The molecule has 7 heteroatoms. The van der Waals surface area contributed by atoms with Gasteiger partial charge in [-0.3, -0.25) is 14.4 Å². The van der Waals surface area contributed by atoms with E-state index in [1.165, 1.54) is 18.9 Å². The smallest absolute Gasteiger partial charge is 0.312 e. The zero-order chi connectivity index (χ0) is 20.3. The molecule has 2 aromatic carbocycles. The van der Waals surface area contributed by atoms with Crippen molar-refractivity contribution in [3.05, 3.63) is 59.1 Å². The van der Waals surface area contributed by atoms with Crippen molar-refractivity contribution in [2.75, 3.05) is 18.6 Å². The highest BCUT2D eigenvalue weighted by atomic mass is 35.5. The Morgan fingerprint density at radius 2 is 1.82 bits per heavy atom.